The van der Waals surface area contributed by atoms with E-state index >= 15 is 0 Å². The molecule has 1 heterocycles. The molecule has 5 heteroatoms. The third-order valence-corrected chi connectivity index (χ3v) is 3.86. The largest absolute Gasteiger partial charge is 0.342 e. The lowest BCUT2D eigenvalue weighted by atomic mass is 10.0. The highest BCUT2D eigenvalue weighted by Crippen LogP contribution is 2.17. The van der Waals surface area contributed by atoms with E-state index in [0.717, 1.165) is 31.4 Å². The topological polar surface area (TPSA) is 49.4 Å². The molecule has 0 unspecified atom stereocenters. The number of carbonyl (C=O) groups is 2. The Morgan fingerprint density at radius 1 is 1.22 bits per heavy atom. The molecule has 0 aromatic rings. The van der Waals surface area contributed by atoms with Gasteiger partial charge in [0.1, 0.15) is 12.1 Å². The number of hydrogen-bond donors (Lipinski definition) is 1. The summed E-state index contributed by atoms with van der Waals surface area (Å²) in [5.74, 6) is 1.02. The fourth-order valence-corrected chi connectivity index (χ4v) is 2.80. The summed E-state index contributed by atoms with van der Waals surface area (Å²) < 4.78 is 0. The van der Waals surface area contributed by atoms with Gasteiger partial charge in [-0.3, -0.25) is 9.59 Å². The first-order valence-corrected chi connectivity index (χ1v) is 8.14. The van der Waals surface area contributed by atoms with E-state index in [2.05, 4.69) is 5.32 Å². The minimum absolute atomic E-state index is 0.0241. The lowest BCUT2D eigenvalue weighted by Crippen LogP contribution is -2.63. The van der Waals surface area contributed by atoms with Gasteiger partial charge in [0.05, 0.1) is 0 Å². The number of nitrogens with zero attached hydrogens (tertiary/aromatic N) is 1. The minimum Gasteiger partial charge on any atom is -0.342 e. The molecule has 2 amide bonds. The number of hydrogen-bond acceptors (Lipinski definition) is 3. The van der Waals surface area contributed by atoms with Gasteiger partial charge in [-0.2, -0.15) is 11.8 Å². The average molecular weight is 272 g/mol. The summed E-state index contributed by atoms with van der Waals surface area (Å²) in [4.78, 5) is 26.2. The second-order valence-electron chi connectivity index (χ2n) is 4.68. The lowest BCUT2D eigenvalue weighted by Gasteiger charge is -2.39. The van der Waals surface area contributed by atoms with E-state index in [1.807, 2.05) is 20.1 Å². The Morgan fingerprint density at radius 3 is 2.50 bits per heavy atom. The van der Waals surface area contributed by atoms with Crippen LogP contribution in [-0.2, 0) is 9.59 Å². The molecule has 1 N–H and O–H groups in total. The van der Waals surface area contributed by atoms with Gasteiger partial charge in [0, 0.05) is 6.54 Å². The van der Waals surface area contributed by atoms with Crippen LogP contribution in [0.15, 0.2) is 0 Å². The van der Waals surface area contributed by atoms with E-state index in [1.165, 1.54) is 0 Å². The van der Waals surface area contributed by atoms with Crippen molar-refractivity contribution in [1.29, 1.82) is 0 Å². The van der Waals surface area contributed by atoms with Crippen LogP contribution in [0.1, 0.15) is 39.5 Å². The fourth-order valence-electron chi connectivity index (χ4n) is 2.32. The zero-order valence-electron chi connectivity index (χ0n) is 11.6. The molecule has 104 valence electrons. The summed E-state index contributed by atoms with van der Waals surface area (Å²) in [5, 5.41) is 2.88. The maximum absolute atomic E-state index is 12.4. The molecule has 0 radical (unpaired) electrons. The van der Waals surface area contributed by atoms with Gasteiger partial charge in [0.2, 0.25) is 11.8 Å². The van der Waals surface area contributed by atoms with Crippen molar-refractivity contribution in [3.8, 4) is 0 Å². The first-order valence-electron chi connectivity index (χ1n) is 6.75. The van der Waals surface area contributed by atoms with Crippen molar-refractivity contribution in [2.24, 2.45) is 0 Å². The Labute approximate surface area is 114 Å². The highest BCUT2D eigenvalue weighted by molar-refractivity contribution is 7.98. The van der Waals surface area contributed by atoms with Crippen LogP contribution in [0.2, 0.25) is 0 Å². The third kappa shape index (κ3) is 3.64. The van der Waals surface area contributed by atoms with Gasteiger partial charge < -0.3 is 10.2 Å². The first-order chi connectivity index (χ1) is 8.65. The lowest BCUT2D eigenvalue weighted by molar-refractivity contribution is -0.149. The Hall–Kier alpha value is -0.710. The molecule has 1 fully saturated rings. The van der Waals surface area contributed by atoms with Crippen molar-refractivity contribution in [3.63, 3.8) is 0 Å². The first kappa shape index (κ1) is 15.3. The van der Waals surface area contributed by atoms with Crippen molar-refractivity contribution in [3.05, 3.63) is 0 Å². The Balaban J connectivity index is 2.76. The second-order valence-corrected chi connectivity index (χ2v) is 5.66. The Bertz CT molecular complexity index is 297. The molecule has 4 nitrogen and oxygen atoms in total. The summed E-state index contributed by atoms with van der Waals surface area (Å²) in [6, 6.07) is -0.572. The molecule has 0 aliphatic carbocycles. The van der Waals surface area contributed by atoms with Crippen molar-refractivity contribution in [1.82, 2.24) is 10.2 Å². The smallest absolute Gasteiger partial charge is 0.245 e. The molecular weight excluding hydrogens is 248 g/mol. The van der Waals surface area contributed by atoms with Crippen LogP contribution in [0.5, 0.6) is 0 Å². The molecule has 1 aliphatic heterocycles. The van der Waals surface area contributed by atoms with Crippen molar-refractivity contribution < 1.29 is 9.59 Å². The highest BCUT2D eigenvalue weighted by Gasteiger charge is 2.38. The predicted molar refractivity (Wildman–Crippen MR) is 75.6 cm³/mol. The number of carbonyl (C=O) groups excluding carboxylic acids is 2. The van der Waals surface area contributed by atoms with Gasteiger partial charge in [-0.05, 0) is 31.3 Å². The molecule has 0 bridgehead atoms. The summed E-state index contributed by atoms with van der Waals surface area (Å²) >= 11 is 1.70. The van der Waals surface area contributed by atoms with E-state index in [9.17, 15) is 9.59 Å². The van der Waals surface area contributed by atoms with Crippen LogP contribution in [0.25, 0.3) is 0 Å². The average Bonchev–Trinajstić information content (AvgIpc) is 2.36. The number of piperazine rings is 1. The van der Waals surface area contributed by atoms with Gasteiger partial charge in [0.25, 0.3) is 0 Å². The van der Waals surface area contributed by atoms with Crippen molar-refractivity contribution in [2.75, 3.05) is 18.6 Å². The quantitative estimate of drug-likeness (QED) is 0.766. The molecule has 0 aromatic carbocycles. The van der Waals surface area contributed by atoms with E-state index in [1.54, 1.807) is 16.7 Å². The van der Waals surface area contributed by atoms with Crippen LogP contribution in [0.4, 0.5) is 0 Å². The van der Waals surface area contributed by atoms with Crippen LogP contribution in [0, 0.1) is 0 Å². The van der Waals surface area contributed by atoms with Crippen molar-refractivity contribution >= 4 is 23.6 Å². The number of nitrogens with one attached hydrogen (secondary N) is 1. The molecule has 0 spiro atoms. The van der Waals surface area contributed by atoms with Gasteiger partial charge in [-0.15, -0.1) is 0 Å². The van der Waals surface area contributed by atoms with E-state index in [4.69, 9.17) is 0 Å². The van der Waals surface area contributed by atoms with Crippen LogP contribution >= 0.6 is 11.8 Å². The monoisotopic (exact) mass is 272 g/mol. The molecule has 18 heavy (non-hydrogen) atoms. The van der Waals surface area contributed by atoms with E-state index in [-0.39, 0.29) is 23.9 Å². The molecule has 2 atom stereocenters. The SMILES string of the molecule is CCC[C@H]1C(=O)N[C@@H](CCSC)C(=O)N1CCC. The summed E-state index contributed by atoms with van der Waals surface area (Å²) in [6.07, 6.45) is 5.31. The van der Waals surface area contributed by atoms with Gasteiger partial charge in [-0.1, -0.05) is 20.3 Å². The van der Waals surface area contributed by atoms with Crippen molar-refractivity contribution in [2.45, 2.75) is 51.6 Å². The van der Waals surface area contributed by atoms with Crippen LogP contribution in [0.3, 0.4) is 0 Å². The van der Waals surface area contributed by atoms with Gasteiger partial charge >= 0.3 is 0 Å². The summed E-state index contributed by atoms with van der Waals surface area (Å²) in [7, 11) is 0. The molecule has 0 saturated carbocycles. The summed E-state index contributed by atoms with van der Waals surface area (Å²) in [6.45, 7) is 4.77. The maximum Gasteiger partial charge on any atom is 0.245 e. The Morgan fingerprint density at radius 2 is 1.94 bits per heavy atom. The molecule has 1 saturated heterocycles. The molecular formula is C13H24N2O2S. The molecule has 1 rings (SSSR count). The standard InChI is InChI=1S/C13H24N2O2S/c1-4-6-11-12(16)14-10(7-9-18-3)13(17)15(11)8-5-2/h10-11H,4-9H2,1-3H3,(H,14,16)/t10-,11-/m0/s1. The van der Waals surface area contributed by atoms with E-state index in [0.29, 0.717) is 6.54 Å². The number of thioether (sulfide) groups is 1. The summed E-state index contributed by atoms with van der Waals surface area (Å²) in [5.41, 5.74) is 0. The van der Waals surface area contributed by atoms with E-state index < -0.39 is 0 Å². The molecule has 1 aliphatic rings. The van der Waals surface area contributed by atoms with Gasteiger partial charge in [0.15, 0.2) is 0 Å². The van der Waals surface area contributed by atoms with Crippen LogP contribution in [-0.4, -0.2) is 47.4 Å². The van der Waals surface area contributed by atoms with Crippen LogP contribution < -0.4 is 5.32 Å². The minimum atomic E-state index is -0.315. The third-order valence-electron chi connectivity index (χ3n) is 3.21. The normalized spacial score (nSPS) is 24.3. The number of amides is 2. The Kier molecular flexibility index (Phi) is 6.54. The molecule has 0 aromatic heterocycles. The maximum atomic E-state index is 12.4. The predicted octanol–water partition coefficient (Wildman–Crippen LogP) is 1.65. The zero-order valence-corrected chi connectivity index (χ0v) is 12.4. The van der Waals surface area contributed by atoms with Gasteiger partial charge in [-0.25, -0.2) is 0 Å². The zero-order chi connectivity index (χ0) is 13.5. The fraction of sp³-hybridized carbons (Fsp3) is 0.846. The number of rotatable bonds is 7. The second kappa shape index (κ2) is 7.67. The highest BCUT2D eigenvalue weighted by atomic mass is 32.2.